The lowest BCUT2D eigenvalue weighted by Gasteiger charge is -2.13. The Kier molecular flexibility index (Phi) is 5.94. The molecule has 0 saturated carbocycles. The average molecular weight is 499 g/mol. The molecule has 1 aromatic carbocycles. The zero-order valence-electron chi connectivity index (χ0n) is 18.1. The van der Waals surface area contributed by atoms with E-state index in [0.717, 1.165) is 34.6 Å². The van der Waals surface area contributed by atoms with Gasteiger partial charge < -0.3 is 5.32 Å². The Morgan fingerprint density at radius 3 is 2.58 bits per heavy atom. The van der Waals surface area contributed by atoms with E-state index in [1.807, 2.05) is 6.26 Å². The number of aromatic nitrogens is 4. The second-order valence-electron chi connectivity index (χ2n) is 7.73. The van der Waals surface area contributed by atoms with Crippen LogP contribution in [0.3, 0.4) is 0 Å². The number of thioether (sulfide) groups is 1. The molecule has 3 aromatic heterocycles. The van der Waals surface area contributed by atoms with Gasteiger partial charge in [0.15, 0.2) is 5.16 Å². The van der Waals surface area contributed by atoms with Crippen LogP contribution in [0.25, 0.3) is 10.2 Å². The van der Waals surface area contributed by atoms with Crippen LogP contribution in [0.1, 0.15) is 29.0 Å². The Hall–Kier alpha value is -2.76. The number of sulfonamides is 1. The normalized spacial score (nSPS) is 13.6. The number of aryl methyl sites for hydroxylation is 3. The molecule has 1 aliphatic rings. The third kappa shape index (κ3) is 4.53. The Labute approximate surface area is 200 Å². The summed E-state index contributed by atoms with van der Waals surface area (Å²) in [6, 6.07) is 8.28. The highest BCUT2D eigenvalue weighted by Crippen LogP contribution is 2.40. The molecule has 1 aliphatic carbocycles. The van der Waals surface area contributed by atoms with E-state index in [4.69, 9.17) is 9.97 Å². The summed E-state index contributed by atoms with van der Waals surface area (Å²) in [5.74, 6) is 0.818. The van der Waals surface area contributed by atoms with E-state index in [0.29, 0.717) is 10.9 Å². The molecule has 0 atom stereocenters. The van der Waals surface area contributed by atoms with E-state index in [-0.39, 0.29) is 10.8 Å². The number of nitrogens with one attached hydrogen (secondary N) is 2. The van der Waals surface area contributed by atoms with Gasteiger partial charge in [-0.25, -0.2) is 33.1 Å². The van der Waals surface area contributed by atoms with Crippen molar-refractivity contribution in [3.8, 4) is 0 Å². The van der Waals surface area contributed by atoms with Gasteiger partial charge in [-0.1, -0.05) is 11.8 Å². The fourth-order valence-corrected chi connectivity index (χ4v) is 6.49. The number of benzene rings is 1. The monoisotopic (exact) mass is 498 g/mol. The van der Waals surface area contributed by atoms with E-state index in [9.17, 15) is 8.42 Å². The van der Waals surface area contributed by atoms with E-state index >= 15 is 0 Å². The second-order valence-corrected chi connectivity index (χ2v) is 11.3. The lowest BCUT2D eigenvalue weighted by Crippen LogP contribution is -2.15. The summed E-state index contributed by atoms with van der Waals surface area (Å²) in [4.78, 5) is 20.1. The maximum Gasteiger partial charge on any atom is 0.264 e. The Bertz CT molecular complexity index is 1430. The minimum atomic E-state index is -3.80. The average Bonchev–Trinajstić information content (AvgIpc) is 3.18. The molecule has 0 saturated heterocycles. The first-order chi connectivity index (χ1) is 15.9. The van der Waals surface area contributed by atoms with Crippen molar-refractivity contribution in [1.82, 2.24) is 19.9 Å². The second kappa shape index (κ2) is 8.88. The molecular formula is C22H22N6O2S3. The highest BCUT2D eigenvalue weighted by molar-refractivity contribution is 7.98. The van der Waals surface area contributed by atoms with Crippen LogP contribution in [0.2, 0.25) is 0 Å². The van der Waals surface area contributed by atoms with Crippen LogP contribution in [0.4, 0.5) is 17.5 Å². The van der Waals surface area contributed by atoms with Crippen LogP contribution < -0.4 is 10.0 Å². The van der Waals surface area contributed by atoms with Crippen molar-refractivity contribution < 1.29 is 8.42 Å². The van der Waals surface area contributed by atoms with Gasteiger partial charge in [0.2, 0.25) is 5.95 Å². The molecule has 0 radical (unpaired) electrons. The van der Waals surface area contributed by atoms with Gasteiger partial charge in [0.25, 0.3) is 10.0 Å². The van der Waals surface area contributed by atoms with E-state index < -0.39 is 10.0 Å². The summed E-state index contributed by atoms with van der Waals surface area (Å²) in [5.41, 5.74) is 2.78. The first kappa shape index (κ1) is 22.1. The lowest BCUT2D eigenvalue weighted by atomic mass is 9.97. The fourth-order valence-electron chi connectivity index (χ4n) is 3.85. The Morgan fingerprint density at radius 1 is 1.03 bits per heavy atom. The highest BCUT2D eigenvalue weighted by atomic mass is 32.2. The molecule has 33 heavy (non-hydrogen) atoms. The number of hydrogen-bond donors (Lipinski definition) is 2. The predicted octanol–water partition coefficient (Wildman–Crippen LogP) is 4.93. The summed E-state index contributed by atoms with van der Waals surface area (Å²) in [5, 5.41) is 5.19. The van der Waals surface area contributed by atoms with Crippen molar-refractivity contribution in [3.63, 3.8) is 0 Å². The number of anilines is 3. The van der Waals surface area contributed by atoms with Gasteiger partial charge in [-0.2, -0.15) is 0 Å². The highest BCUT2D eigenvalue weighted by Gasteiger charge is 2.21. The van der Waals surface area contributed by atoms with Crippen molar-refractivity contribution in [2.45, 2.75) is 42.7 Å². The summed E-state index contributed by atoms with van der Waals surface area (Å²) >= 11 is 3.26. The molecule has 0 spiro atoms. The molecular weight excluding hydrogens is 476 g/mol. The molecule has 5 rings (SSSR count). The van der Waals surface area contributed by atoms with Crippen LogP contribution in [-0.2, 0) is 22.9 Å². The molecule has 4 aromatic rings. The topological polar surface area (TPSA) is 110 Å². The molecule has 2 N–H and O–H groups in total. The predicted molar refractivity (Wildman–Crippen MR) is 133 cm³/mol. The van der Waals surface area contributed by atoms with E-state index in [1.165, 1.54) is 41.2 Å². The van der Waals surface area contributed by atoms with Gasteiger partial charge in [0, 0.05) is 22.5 Å². The van der Waals surface area contributed by atoms with E-state index in [2.05, 4.69) is 20.0 Å². The van der Waals surface area contributed by atoms with Gasteiger partial charge in [-0.05, 0) is 74.8 Å². The molecule has 0 unspecified atom stereocenters. The first-order valence-electron chi connectivity index (χ1n) is 10.5. The fraction of sp³-hybridized carbons (Fsp3) is 0.273. The quantitative estimate of drug-likeness (QED) is 0.284. The summed E-state index contributed by atoms with van der Waals surface area (Å²) < 4.78 is 27.9. The Balaban J connectivity index is 1.44. The third-order valence-corrected chi connectivity index (χ3v) is 8.50. The Morgan fingerprint density at radius 2 is 1.82 bits per heavy atom. The van der Waals surface area contributed by atoms with E-state index in [1.54, 1.807) is 48.6 Å². The van der Waals surface area contributed by atoms with Crippen molar-refractivity contribution in [3.05, 3.63) is 52.7 Å². The lowest BCUT2D eigenvalue weighted by molar-refractivity contribution is 0.601. The summed E-state index contributed by atoms with van der Waals surface area (Å²) in [7, 11) is -3.80. The molecule has 8 nitrogen and oxygen atoms in total. The zero-order chi connectivity index (χ0) is 23.0. The van der Waals surface area contributed by atoms with Gasteiger partial charge in [-0.15, -0.1) is 11.3 Å². The minimum Gasteiger partial charge on any atom is -0.340 e. The van der Waals surface area contributed by atoms with Crippen molar-refractivity contribution in [1.29, 1.82) is 0 Å². The van der Waals surface area contributed by atoms with Crippen LogP contribution in [0.5, 0.6) is 0 Å². The van der Waals surface area contributed by atoms with Gasteiger partial charge >= 0.3 is 0 Å². The molecule has 170 valence electrons. The van der Waals surface area contributed by atoms with Crippen LogP contribution in [-0.4, -0.2) is 34.6 Å². The van der Waals surface area contributed by atoms with Crippen molar-refractivity contribution in [2.24, 2.45) is 0 Å². The number of hydrogen-bond acceptors (Lipinski definition) is 9. The van der Waals surface area contributed by atoms with Crippen molar-refractivity contribution in [2.75, 3.05) is 16.3 Å². The molecule has 0 bridgehead atoms. The maximum absolute atomic E-state index is 12.7. The minimum absolute atomic E-state index is 0.0485. The van der Waals surface area contributed by atoms with Crippen molar-refractivity contribution >= 4 is 60.8 Å². The summed E-state index contributed by atoms with van der Waals surface area (Å²) in [6.07, 6.45) is 7.99. The van der Waals surface area contributed by atoms with Crippen LogP contribution in [0, 0.1) is 6.92 Å². The largest absolute Gasteiger partial charge is 0.340 e. The van der Waals surface area contributed by atoms with Gasteiger partial charge in [-0.3, -0.25) is 0 Å². The molecule has 11 heteroatoms. The van der Waals surface area contributed by atoms with Gasteiger partial charge in [0.1, 0.15) is 10.6 Å². The molecule has 0 amide bonds. The SMILES string of the molecule is CSc1nc(Nc2ccc(S(=O)(=O)Nc3nccc(C)n3)cc2)c2c3c(sc2n1)CCCC3. The standard InChI is InChI=1S/C22H22N6O2S3/c1-13-11-12-23-21(24-13)28-33(29,30)15-9-7-14(8-10-15)25-19-18-16-5-3-4-6-17(16)32-20(18)27-22(26-19)31-2/h7-12H,3-6H2,1-2H3,(H,23,24,28)(H,25,26,27). The van der Waals surface area contributed by atoms with Gasteiger partial charge in [0.05, 0.1) is 10.3 Å². The molecule has 0 aliphatic heterocycles. The van der Waals surface area contributed by atoms with Crippen LogP contribution in [0.15, 0.2) is 46.6 Å². The number of thiophene rings is 1. The maximum atomic E-state index is 12.7. The number of rotatable bonds is 6. The first-order valence-corrected chi connectivity index (χ1v) is 14.0. The molecule has 0 fully saturated rings. The smallest absolute Gasteiger partial charge is 0.264 e. The number of fused-ring (bicyclic) bond motifs is 3. The summed E-state index contributed by atoms with van der Waals surface area (Å²) in [6.45, 7) is 1.77. The number of nitrogens with zero attached hydrogens (tertiary/aromatic N) is 4. The molecule has 3 heterocycles. The zero-order valence-corrected chi connectivity index (χ0v) is 20.6. The van der Waals surface area contributed by atoms with Crippen LogP contribution >= 0.6 is 23.1 Å². The third-order valence-electron chi connectivity index (χ3n) is 5.42.